The number of aromatic nitrogens is 5. The molecule has 0 aromatic carbocycles. The highest BCUT2D eigenvalue weighted by Crippen LogP contribution is 2.17. The van der Waals surface area contributed by atoms with Crippen molar-refractivity contribution in [3.8, 4) is 0 Å². The zero-order valence-electron chi connectivity index (χ0n) is 14.9. The number of carbonyl (C=O) groups is 1. The molecule has 1 fully saturated rings. The van der Waals surface area contributed by atoms with Crippen LogP contribution in [0, 0.1) is 5.92 Å². The number of hydrogen-bond acceptors (Lipinski definition) is 6. The summed E-state index contributed by atoms with van der Waals surface area (Å²) in [5.41, 5.74) is 0.859. The van der Waals surface area contributed by atoms with Gasteiger partial charge in [0.1, 0.15) is 6.54 Å². The molecule has 3 rings (SSSR count). The third-order valence-electron chi connectivity index (χ3n) is 4.68. The van der Waals surface area contributed by atoms with Crippen molar-refractivity contribution in [2.24, 2.45) is 5.92 Å². The molecule has 2 aromatic rings. The minimum atomic E-state index is -0.0357. The van der Waals surface area contributed by atoms with Crippen LogP contribution in [0.4, 0.5) is 0 Å². The number of piperidine rings is 1. The molecule has 8 nitrogen and oxygen atoms in total. The van der Waals surface area contributed by atoms with Crippen molar-refractivity contribution in [2.45, 2.75) is 39.4 Å². The molecule has 1 saturated heterocycles. The van der Waals surface area contributed by atoms with E-state index in [9.17, 15) is 4.79 Å². The second kappa shape index (κ2) is 8.15. The minimum absolute atomic E-state index is 0.0357. The van der Waals surface area contributed by atoms with Crippen LogP contribution in [0.1, 0.15) is 31.3 Å². The Balaban J connectivity index is 1.56. The zero-order valence-corrected chi connectivity index (χ0v) is 14.9. The van der Waals surface area contributed by atoms with Gasteiger partial charge in [-0.2, -0.15) is 0 Å². The van der Waals surface area contributed by atoms with Crippen molar-refractivity contribution in [2.75, 3.05) is 20.1 Å². The molecule has 0 aliphatic carbocycles. The summed E-state index contributed by atoms with van der Waals surface area (Å²) in [5, 5.41) is 11.8. The summed E-state index contributed by atoms with van der Waals surface area (Å²) in [5.74, 6) is 1.50. The number of hydrogen-bond donors (Lipinski definition) is 0. The van der Waals surface area contributed by atoms with E-state index in [1.165, 1.54) is 12.8 Å². The lowest BCUT2D eigenvalue weighted by atomic mass is 9.99. The zero-order chi connectivity index (χ0) is 17.6. The summed E-state index contributed by atoms with van der Waals surface area (Å²) in [6, 6.07) is 5.68. The highest BCUT2D eigenvalue weighted by Gasteiger charge is 2.20. The normalized spacial score (nSPS) is 16.1. The van der Waals surface area contributed by atoms with Crippen LogP contribution in [0.2, 0.25) is 0 Å². The molecule has 0 bridgehead atoms. The Morgan fingerprint density at radius 3 is 2.84 bits per heavy atom. The van der Waals surface area contributed by atoms with Gasteiger partial charge >= 0.3 is 0 Å². The molecule has 134 valence electrons. The van der Waals surface area contributed by atoms with E-state index >= 15 is 0 Å². The first-order valence-corrected chi connectivity index (χ1v) is 8.73. The number of tetrazole rings is 1. The Bertz CT molecular complexity index is 679. The van der Waals surface area contributed by atoms with Gasteiger partial charge in [-0.1, -0.05) is 13.0 Å². The Labute approximate surface area is 147 Å². The number of likely N-dealkylation sites (N-methyl/N-ethyl adjacent to an activating group) is 1. The van der Waals surface area contributed by atoms with E-state index in [0.717, 1.165) is 30.5 Å². The highest BCUT2D eigenvalue weighted by atomic mass is 16.2. The van der Waals surface area contributed by atoms with Gasteiger partial charge in [-0.25, -0.2) is 4.68 Å². The fourth-order valence-electron chi connectivity index (χ4n) is 2.95. The summed E-state index contributed by atoms with van der Waals surface area (Å²) in [7, 11) is 1.77. The number of amides is 1. The van der Waals surface area contributed by atoms with E-state index in [2.05, 4.69) is 32.3 Å². The van der Waals surface area contributed by atoms with Crippen LogP contribution in [0.5, 0.6) is 0 Å². The lowest BCUT2D eigenvalue weighted by Gasteiger charge is -2.29. The molecular weight excluding hydrogens is 318 g/mol. The maximum absolute atomic E-state index is 12.5. The quantitative estimate of drug-likeness (QED) is 0.777. The van der Waals surface area contributed by atoms with Gasteiger partial charge in [0, 0.05) is 13.2 Å². The van der Waals surface area contributed by atoms with Crippen molar-refractivity contribution < 1.29 is 4.79 Å². The van der Waals surface area contributed by atoms with E-state index in [1.807, 2.05) is 18.2 Å². The molecule has 3 heterocycles. The first-order valence-electron chi connectivity index (χ1n) is 8.73. The predicted octanol–water partition coefficient (Wildman–Crippen LogP) is 0.959. The first-order chi connectivity index (χ1) is 12.1. The van der Waals surface area contributed by atoms with E-state index < -0.39 is 0 Å². The SMILES string of the molecule is CC1CCN(Cc2nnnn2CC(=O)N(C)Cc2ccccn2)CC1. The molecule has 1 aliphatic rings. The van der Waals surface area contributed by atoms with Crippen LogP contribution in [-0.4, -0.2) is 61.0 Å². The van der Waals surface area contributed by atoms with Gasteiger partial charge in [0.15, 0.2) is 5.82 Å². The van der Waals surface area contributed by atoms with Crippen LogP contribution in [-0.2, 0) is 24.4 Å². The van der Waals surface area contributed by atoms with Crippen LogP contribution in [0.3, 0.4) is 0 Å². The van der Waals surface area contributed by atoms with E-state index in [1.54, 1.807) is 22.8 Å². The first kappa shape index (κ1) is 17.5. The lowest BCUT2D eigenvalue weighted by Crippen LogP contribution is -2.35. The Kier molecular flexibility index (Phi) is 5.70. The summed E-state index contributed by atoms with van der Waals surface area (Å²) < 4.78 is 1.61. The maximum atomic E-state index is 12.5. The topological polar surface area (TPSA) is 80.0 Å². The van der Waals surface area contributed by atoms with Gasteiger partial charge in [0.2, 0.25) is 5.91 Å². The molecule has 0 unspecified atom stereocenters. The molecule has 8 heteroatoms. The number of rotatable bonds is 6. The molecule has 1 aliphatic heterocycles. The van der Waals surface area contributed by atoms with Gasteiger partial charge < -0.3 is 4.90 Å². The highest BCUT2D eigenvalue weighted by molar-refractivity contribution is 5.75. The second-order valence-corrected chi connectivity index (χ2v) is 6.78. The van der Waals surface area contributed by atoms with Gasteiger partial charge in [-0.15, -0.1) is 5.10 Å². The van der Waals surface area contributed by atoms with Gasteiger partial charge in [0.05, 0.1) is 18.8 Å². The summed E-state index contributed by atoms with van der Waals surface area (Å²) in [6.07, 6.45) is 4.13. The van der Waals surface area contributed by atoms with Crippen molar-refractivity contribution in [1.29, 1.82) is 0 Å². The summed E-state index contributed by atoms with van der Waals surface area (Å²) in [6.45, 7) is 5.72. The minimum Gasteiger partial charge on any atom is -0.338 e. The molecule has 1 amide bonds. The Morgan fingerprint density at radius 2 is 2.12 bits per heavy atom. The van der Waals surface area contributed by atoms with Gasteiger partial charge in [0.25, 0.3) is 0 Å². The fourth-order valence-corrected chi connectivity index (χ4v) is 2.95. The summed E-state index contributed by atoms with van der Waals surface area (Å²) >= 11 is 0. The molecule has 0 spiro atoms. The number of nitrogens with zero attached hydrogens (tertiary/aromatic N) is 7. The smallest absolute Gasteiger partial charge is 0.244 e. The molecule has 0 N–H and O–H groups in total. The standard InChI is InChI=1S/C17H25N7O/c1-14-6-9-23(10-7-14)12-16-19-20-21-24(16)13-17(25)22(2)11-15-5-3-4-8-18-15/h3-5,8,14H,6-7,9-13H2,1-2H3. The average molecular weight is 343 g/mol. The van der Waals surface area contributed by atoms with Crippen LogP contribution in [0.25, 0.3) is 0 Å². The second-order valence-electron chi connectivity index (χ2n) is 6.78. The maximum Gasteiger partial charge on any atom is 0.244 e. The van der Waals surface area contributed by atoms with Crippen molar-refractivity contribution in [3.63, 3.8) is 0 Å². The van der Waals surface area contributed by atoms with E-state index in [-0.39, 0.29) is 12.5 Å². The van der Waals surface area contributed by atoms with Crippen LogP contribution in [0.15, 0.2) is 24.4 Å². The van der Waals surface area contributed by atoms with E-state index in [0.29, 0.717) is 13.1 Å². The van der Waals surface area contributed by atoms with Crippen LogP contribution >= 0.6 is 0 Å². The monoisotopic (exact) mass is 343 g/mol. The van der Waals surface area contributed by atoms with Gasteiger partial charge in [-0.3, -0.25) is 14.7 Å². The summed E-state index contributed by atoms with van der Waals surface area (Å²) in [4.78, 5) is 20.7. The molecule has 25 heavy (non-hydrogen) atoms. The lowest BCUT2D eigenvalue weighted by molar-refractivity contribution is -0.131. The Hall–Kier alpha value is -2.35. The largest absolute Gasteiger partial charge is 0.338 e. The van der Waals surface area contributed by atoms with Gasteiger partial charge in [-0.05, 0) is 54.4 Å². The predicted molar refractivity (Wildman–Crippen MR) is 92.2 cm³/mol. The molecule has 0 radical (unpaired) electrons. The molecular formula is C17H25N7O. The molecule has 0 atom stereocenters. The average Bonchev–Trinajstić information content (AvgIpc) is 3.04. The number of carbonyl (C=O) groups excluding carboxylic acids is 1. The fraction of sp³-hybridized carbons (Fsp3) is 0.588. The van der Waals surface area contributed by atoms with Crippen molar-refractivity contribution >= 4 is 5.91 Å². The number of likely N-dealkylation sites (tertiary alicyclic amines) is 1. The Morgan fingerprint density at radius 1 is 1.32 bits per heavy atom. The molecule has 2 aromatic heterocycles. The third-order valence-corrected chi connectivity index (χ3v) is 4.68. The number of pyridine rings is 1. The van der Waals surface area contributed by atoms with Crippen molar-refractivity contribution in [1.82, 2.24) is 35.0 Å². The third kappa shape index (κ3) is 4.82. The molecule has 0 saturated carbocycles. The van der Waals surface area contributed by atoms with Crippen molar-refractivity contribution in [3.05, 3.63) is 35.9 Å². The van der Waals surface area contributed by atoms with Crippen LogP contribution < -0.4 is 0 Å². The van der Waals surface area contributed by atoms with E-state index in [4.69, 9.17) is 0 Å².